The van der Waals surface area contributed by atoms with Gasteiger partial charge >= 0.3 is 6.18 Å². The smallest absolute Gasteiger partial charge is 0.410 e. The first-order valence-corrected chi connectivity index (χ1v) is 8.35. The molecule has 1 amide bonds. The standard InChI is InChI=1S/C15H12F3N3O3S/c16-15(17,18)11-5-25-14-13(19-6-21(11)14)20-12(22)4-8-1-2-9-10(3-8)24-7-23-9/h1-3,6,11H,4-5,7H2,(H,20,22). The van der Waals surface area contributed by atoms with Crippen LogP contribution in [0.25, 0.3) is 0 Å². The Labute approximate surface area is 144 Å². The molecule has 0 fully saturated rings. The van der Waals surface area contributed by atoms with E-state index in [4.69, 9.17) is 9.47 Å². The van der Waals surface area contributed by atoms with E-state index in [2.05, 4.69) is 10.3 Å². The van der Waals surface area contributed by atoms with Crippen LogP contribution in [0.3, 0.4) is 0 Å². The number of rotatable bonds is 3. The number of benzene rings is 1. The summed E-state index contributed by atoms with van der Waals surface area (Å²) in [6, 6.07) is 3.54. The topological polar surface area (TPSA) is 65.4 Å². The molecule has 1 aromatic heterocycles. The van der Waals surface area contributed by atoms with Gasteiger partial charge in [-0.15, -0.1) is 11.8 Å². The third kappa shape index (κ3) is 3.01. The second-order valence-electron chi connectivity index (χ2n) is 5.59. The van der Waals surface area contributed by atoms with Gasteiger partial charge in [0.05, 0.1) is 12.7 Å². The maximum atomic E-state index is 12.9. The number of thioether (sulfide) groups is 1. The first kappa shape index (κ1) is 16.1. The molecule has 0 spiro atoms. The molecule has 1 aromatic carbocycles. The Morgan fingerprint density at radius 2 is 2.16 bits per heavy atom. The van der Waals surface area contributed by atoms with Gasteiger partial charge < -0.3 is 19.4 Å². The van der Waals surface area contributed by atoms with Crippen LogP contribution >= 0.6 is 11.8 Å². The SMILES string of the molecule is O=C(Cc1ccc2c(c1)OCO2)Nc1ncn2c1SCC2C(F)(F)F. The third-order valence-corrected chi connectivity index (χ3v) is 5.06. The Morgan fingerprint density at radius 3 is 2.96 bits per heavy atom. The Kier molecular flexibility index (Phi) is 3.78. The second kappa shape index (κ2) is 5.87. The summed E-state index contributed by atoms with van der Waals surface area (Å²) in [5.74, 6) is 0.855. The molecule has 132 valence electrons. The molecule has 2 aromatic rings. The largest absolute Gasteiger partial charge is 0.454 e. The minimum absolute atomic E-state index is 0.0519. The number of carbonyl (C=O) groups is 1. The van der Waals surface area contributed by atoms with Crippen molar-refractivity contribution < 1.29 is 27.4 Å². The van der Waals surface area contributed by atoms with Gasteiger partial charge in [-0.25, -0.2) is 4.98 Å². The van der Waals surface area contributed by atoms with Gasteiger partial charge in [-0.2, -0.15) is 13.2 Å². The van der Waals surface area contributed by atoms with Crippen molar-refractivity contribution in [1.29, 1.82) is 0 Å². The van der Waals surface area contributed by atoms with E-state index in [-0.39, 0.29) is 30.7 Å². The summed E-state index contributed by atoms with van der Waals surface area (Å²) in [5.41, 5.74) is 0.707. The molecule has 2 aliphatic heterocycles. The molecule has 0 aliphatic carbocycles. The molecule has 10 heteroatoms. The van der Waals surface area contributed by atoms with Crippen molar-refractivity contribution in [2.45, 2.75) is 23.7 Å². The Bertz CT molecular complexity index is 837. The molecular formula is C15H12F3N3O3S. The highest BCUT2D eigenvalue weighted by molar-refractivity contribution is 7.99. The van der Waals surface area contributed by atoms with Gasteiger partial charge in [0.2, 0.25) is 12.7 Å². The number of alkyl halides is 3. The Balaban J connectivity index is 1.46. The Morgan fingerprint density at radius 1 is 1.36 bits per heavy atom. The number of imidazole rings is 1. The molecule has 2 aliphatic rings. The van der Waals surface area contributed by atoms with E-state index in [1.807, 2.05) is 0 Å². The number of carbonyl (C=O) groups excluding carboxylic acids is 1. The lowest BCUT2D eigenvalue weighted by Gasteiger charge is -2.15. The second-order valence-corrected chi connectivity index (χ2v) is 6.60. The van der Waals surface area contributed by atoms with Crippen LogP contribution in [0, 0.1) is 0 Å². The van der Waals surface area contributed by atoms with Crippen molar-refractivity contribution >= 4 is 23.5 Å². The Hall–Kier alpha value is -2.36. The van der Waals surface area contributed by atoms with E-state index in [0.29, 0.717) is 22.1 Å². The monoisotopic (exact) mass is 371 g/mol. The molecule has 0 radical (unpaired) electrons. The van der Waals surface area contributed by atoms with Crippen molar-refractivity contribution in [3.63, 3.8) is 0 Å². The van der Waals surface area contributed by atoms with Crippen molar-refractivity contribution in [3.05, 3.63) is 30.1 Å². The number of nitrogens with one attached hydrogen (secondary N) is 1. The highest BCUT2D eigenvalue weighted by atomic mass is 32.2. The van der Waals surface area contributed by atoms with E-state index < -0.39 is 12.2 Å². The lowest BCUT2D eigenvalue weighted by atomic mass is 10.1. The van der Waals surface area contributed by atoms with Gasteiger partial charge in [0.25, 0.3) is 0 Å². The summed E-state index contributed by atoms with van der Waals surface area (Å²) in [7, 11) is 0. The lowest BCUT2D eigenvalue weighted by molar-refractivity contribution is -0.161. The van der Waals surface area contributed by atoms with Crippen LogP contribution in [0.5, 0.6) is 11.5 Å². The van der Waals surface area contributed by atoms with Crippen LogP contribution in [-0.4, -0.2) is 34.2 Å². The van der Waals surface area contributed by atoms with Crippen molar-refractivity contribution in [1.82, 2.24) is 9.55 Å². The summed E-state index contributed by atoms with van der Waals surface area (Å²) in [5, 5.41) is 2.90. The van der Waals surface area contributed by atoms with Crippen LogP contribution in [0.4, 0.5) is 19.0 Å². The fourth-order valence-corrected chi connectivity index (χ4v) is 3.93. The maximum Gasteiger partial charge on any atom is 0.410 e. The number of ether oxygens (including phenoxy) is 2. The molecule has 25 heavy (non-hydrogen) atoms. The predicted molar refractivity (Wildman–Crippen MR) is 82.9 cm³/mol. The zero-order valence-corrected chi connectivity index (χ0v) is 13.5. The number of hydrogen-bond donors (Lipinski definition) is 1. The molecule has 3 heterocycles. The van der Waals surface area contributed by atoms with E-state index in [1.165, 1.54) is 0 Å². The minimum atomic E-state index is -4.34. The van der Waals surface area contributed by atoms with Crippen LogP contribution < -0.4 is 14.8 Å². The van der Waals surface area contributed by atoms with Gasteiger partial charge in [-0.1, -0.05) is 6.07 Å². The fraction of sp³-hybridized carbons (Fsp3) is 0.333. The van der Waals surface area contributed by atoms with Crippen LogP contribution in [0.15, 0.2) is 29.6 Å². The number of anilines is 1. The first-order valence-electron chi connectivity index (χ1n) is 7.36. The molecule has 4 rings (SSSR count). The van der Waals surface area contributed by atoms with Gasteiger partial charge in [-0.3, -0.25) is 4.79 Å². The zero-order valence-electron chi connectivity index (χ0n) is 12.7. The average molecular weight is 371 g/mol. The fourth-order valence-electron chi connectivity index (χ4n) is 2.70. The van der Waals surface area contributed by atoms with Gasteiger partial charge in [-0.05, 0) is 17.7 Å². The summed E-state index contributed by atoms with van der Waals surface area (Å²) in [6.07, 6.45) is -3.17. The van der Waals surface area contributed by atoms with Crippen molar-refractivity contribution in [2.75, 3.05) is 17.9 Å². The molecule has 1 atom stereocenters. The lowest BCUT2D eigenvalue weighted by Crippen LogP contribution is -2.25. The van der Waals surface area contributed by atoms with Gasteiger partial charge in [0.15, 0.2) is 17.3 Å². The maximum absolute atomic E-state index is 12.9. The molecule has 1 unspecified atom stereocenters. The van der Waals surface area contributed by atoms with Gasteiger partial charge in [0, 0.05) is 5.75 Å². The number of amides is 1. The summed E-state index contributed by atoms with van der Waals surface area (Å²) in [4.78, 5) is 16.1. The number of nitrogens with zero attached hydrogens (tertiary/aromatic N) is 2. The van der Waals surface area contributed by atoms with E-state index in [1.54, 1.807) is 18.2 Å². The van der Waals surface area contributed by atoms with Crippen LogP contribution in [0.2, 0.25) is 0 Å². The van der Waals surface area contributed by atoms with E-state index >= 15 is 0 Å². The predicted octanol–water partition coefficient (Wildman–Crippen LogP) is 3.00. The van der Waals surface area contributed by atoms with Crippen LogP contribution in [0.1, 0.15) is 11.6 Å². The van der Waals surface area contributed by atoms with Crippen molar-refractivity contribution in [2.24, 2.45) is 0 Å². The molecular weight excluding hydrogens is 359 g/mol. The number of hydrogen-bond acceptors (Lipinski definition) is 5. The number of halogens is 3. The zero-order chi connectivity index (χ0) is 17.6. The number of fused-ring (bicyclic) bond motifs is 2. The molecule has 0 bridgehead atoms. The van der Waals surface area contributed by atoms with Crippen LogP contribution in [-0.2, 0) is 11.2 Å². The summed E-state index contributed by atoms with van der Waals surface area (Å²) in [6.45, 7) is 0.142. The third-order valence-electron chi connectivity index (χ3n) is 3.90. The molecule has 0 saturated heterocycles. The normalized spacial score (nSPS) is 18.3. The molecule has 6 nitrogen and oxygen atoms in total. The van der Waals surface area contributed by atoms with Gasteiger partial charge in [0.1, 0.15) is 11.1 Å². The highest BCUT2D eigenvalue weighted by Crippen LogP contribution is 2.45. The highest BCUT2D eigenvalue weighted by Gasteiger charge is 2.45. The summed E-state index contributed by atoms with van der Waals surface area (Å²) < 4.78 is 50.3. The minimum Gasteiger partial charge on any atom is -0.454 e. The number of aromatic nitrogens is 2. The summed E-state index contributed by atoms with van der Waals surface area (Å²) >= 11 is 1.03. The molecule has 1 N–H and O–H groups in total. The quantitative estimate of drug-likeness (QED) is 0.899. The van der Waals surface area contributed by atoms with E-state index in [9.17, 15) is 18.0 Å². The molecule has 0 saturated carbocycles. The van der Waals surface area contributed by atoms with Crippen molar-refractivity contribution in [3.8, 4) is 11.5 Å². The first-order chi connectivity index (χ1) is 11.9. The van der Waals surface area contributed by atoms with E-state index in [0.717, 1.165) is 22.7 Å². The average Bonchev–Trinajstić information content (AvgIpc) is 3.22.